The first-order valence-electron chi connectivity index (χ1n) is 5.59. The van der Waals surface area contributed by atoms with E-state index in [2.05, 4.69) is 11.9 Å². The molecule has 1 N–H and O–H groups in total. The van der Waals surface area contributed by atoms with Crippen molar-refractivity contribution < 1.29 is 14.0 Å². The van der Waals surface area contributed by atoms with Crippen molar-refractivity contribution in [2.24, 2.45) is 0 Å². The van der Waals surface area contributed by atoms with Crippen molar-refractivity contribution in [3.63, 3.8) is 0 Å². The zero-order chi connectivity index (χ0) is 13.1. The highest BCUT2D eigenvalue weighted by Crippen LogP contribution is 2.18. The number of rotatable bonds is 4. The molecule has 0 aliphatic carbocycles. The fraction of sp³-hybridized carbons (Fsp3) is 0.231. The third kappa shape index (κ3) is 2.40. The third-order valence-electron chi connectivity index (χ3n) is 2.74. The van der Waals surface area contributed by atoms with Crippen LogP contribution < -0.4 is 5.32 Å². The van der Waals surface area contributed by atoms with Crippen LogP contribution in [0.3, 0.4) is 0 Å². The second-order valence-corrected chi connectivity index (χ2v) is 4.04. The standard InChI is InChI=1S/C13H13FN2O2/c1-2-7-16-12(17)8-11(13(16)18)15-10-5-3-9(14)4-6-10/h2-6,11,15H,1,7-8H2/t11-/m1/s1. The highest BCUT2D eigenvalue weighted by Gasteiger charge is 2.37. The van der Waals surface area contributed by atoms with Crippen LogP contribution >= 0.6 is 0 Å². The summed E-state index contributed by atoms with van der Waals surface area (Å²) in [6.07, 6.45) is 1.63. The summed E-state index contributed by atoms with van der Waals surface area (Å²) in [5, 5.41) is 2.92. The van der Waals surface area contributed by atoms with E-state index in [1.165, 1.54) is 30.3 Å². The predicted octanol–water partition coefficient (Wildman–Crippen LogP) is 1.55. The summed E-state index contributed by atoms with van der Waals surface area (Å²) in [5.74, 6) is -0.841. The van der Waals surface area contributed by atoms with Gasteiger partial charge in [0.1, 0.15) is 11.9 Å². The number of hydrogen-bond acceptors (Lipinski definition) is 3. The highest BCUT2D eigenvalue weighted by atomic mass is 19.1. The van der Waals surface area contributed by atoms with E-state index in [1.807, 2.05) is 0 Å². The molecule has 1 aromatic carbocycles. The molecule has 2 rings (SSSR count). The summed E-state index contributed by atoms with van der Waals surface area (Å²) >= 11 is 0. The molecular weight excluding hydrogens is 235 g/mol. The molecule has 0 saturated carbocycles. The molecular formula is C13H13FN2O2. The highest BCUT2D eigenvalue weighted by molar-refractivity contribution is 6.06. The van der Waals surface area contributed by atoms with Crippen molar-refractivity contribution in [2.45, 2.75) is 12.5 Å². The number of nitrogens with zero attached hydrogens (tertiary/aromatic N) is 1. The topological polar surface area (TPSA) is 49.4 Å². The summed E-state index contributed by atoms with van der Waals surface area (Å²) in [4.78, 5) is 24.6. The Balaban J connectivity index is 2.07. The lowest BCUT2D eigenvalue weighted by Crippen LogP contribution is -2.34. The molecule has 1 fully saturated rings. The van der Waals surface area contributed by atoms with Gasteiger partial charge in [-0.3, -0.25) is 14.5 Å². The molecule has 1 aliphatic heterocycles. The Bertz CT molecular complexity index is 484. The summed E-state index contributed by atoms with van der Waals surface area (Å²) in [7, 11) is 0. The first kappa shape index (κ1) is 12.3. The van der Waals surface area contributed by atoms with E-state index in [9.17, 15) is 14.0 Å². The van der Waals surface area contributed by atoms with Gasteiger partial charge in [-0.05, 0) is 24.3 Å². The lowest BCUT2D eigenvalue weighted by Gasteiger charge is -2.14. The minimum absolute atomic E-state index is 0.115. The van der Waals surface area contributed by atoms with Crippen LogP contribution in [0.1, 0.15) is 6.42 Å². The SMILES string of the molecule is C=CCN1C(=O)C[C@@H](Nc2ccc(F)cc2)C1=O. The van der Waals surface area contributed by atoms with E-state index < -0.39 is 6.04 Å². The zero-order valence-electron chi connectivity index (χ0n) is 9.73. The Kier molecular flexibility index (Phi) is 3.41. The van der Waals surface area contributed by atoms with Crippen molar-refractivity contribution in [2.75, 3.05) is 11.9 Å². The van der Waals surface area contributed by atoms with Gasteiger partial charge in [0.25, 0.3) is 5.91 Å². The van der Waals surface area contributed by atoms with Crippen molar-refractivity contribution >= 4 is 17.5 Å². The Labute approximate surface area is 104 Å². The lowest BCUT2D eigenvalue weighted by molar-refractivity contribution is -0.137. The molecule has 0 spiro atoms. The van der Waals surface area contributed by atoms with Gasteiger partial charge in [0.05, 0.1) is 6.42 Å². The summed E-state index contributed by atoms with van der Waals surface area (Å²) in [5.41, 5.74) is 0.614. The number of likely N-dealkylation sites (tertiary alicyclic amines) is 1. The Morgan fingerprint density at radius 2 is 2.06 bits per heavy atom. The Hall–Kier alpha value is -2.17. The van der Waals surface area contributed by atoms with Crippen molar-refractivity contribution in [1.82, 2.24) is 4.90 Å². The quantitative estimate of drug-likeness (QED) is 0.649. The molecule has 5 heteroatoms. The molecule has 0 radical (unpaired) electrons. The molecule has 2 amide bonds. The van der Waals surface area contributed by atoms with Crippen LogP contribution in [0.4, 0.5) is 10.1 Å². The molecule has 1 saturated heterocycles. The normalized spacial score (nSPS) is 19.2. The van der Waals surface area contributed by atoms with Crippen LogP contribution in [-0.4, -0.2) is 29.3 Å². The molecule has 1 heterocycles. The minimum atomic E-state index is -0.581. The molecule has 0 unspecified atom stereocenters. The van der Waals surface area contributed by atoms with Gasteiger partial charge in [-0.15, -0.1) is 6.58 Å². The van der Waals surface area contributed by atoms with E-state index >= 15 is 0 Å². The van der Waals surface area contributed by atoms with Crippen LogP contribution in [0, 0.1) is 5.82 Å². The average molecular weight is 248 g/mol. The van der Waals surface area contributed by atoms with Crippen LogP contribution in [0.2, 0.25) is 0 Å². The van der Waals surface area contributed by atoms with E-state index in [-0.39, 0.29) is 30.6 Å². The molecule has 0 aromatic heterocycles. The van der Waals surface area contributed by atoms with Gasteiger partial charge in [0.2, 0.25) is 5.91 Å². The smallest absolute Gasteiger partial charge is 0.252 e. The number of carbonyl (C=O) groups excluding carboxylic acids is 2. The number of nitrogens with one attached hydrogen (secondary N) is 1. The number of halogens is 1. The first-order valence-corrected chi connectivity index (χ1v) is 5.59. The monoisotopic (exact) mass is 248 g/mol. The maximum atomic E-state index is 12.7. The van der Waals surface area contributed by atoms with Crippen molar-refractivity contribution in [3.8, 4) is 0 Å². The molecule has 1 atom stereocenters. The number of anilines is 1. The summed E-state index contributed by atoms with van der Waals surface area (Å²) < 4.78 is 12.7. The first-order chi connectivity index (χ1) is 8.61. The van der Waals surface area contributed by atoms with Crippen LogP contribution in [0.25, 0.3) is 0 Å². The van der Waals surface area contributed by atoms with Crippen molar-refractivity contribution in [1.29, 1.82) is 0 Å². The molecule has 4 nitrogen and oxygen atoms in total. The van der Waals surface area contributed by atoms with Crippen LogP contribution in [0.5, 0.6) is 0 Å². The lowest BCUT2D eigenvalue weighted by atomic mass is 10.2. The number of amides is 2. The maximum Gasteiger partial charge on any atom is 0.252 e. The van der Waals surface area contributed by atoms with Crippen LogP contribution in [0.15, 0.2) is 36.9 Å². The maximum absolute atomic E-state index is 12.7. The number of benzene rings is 1. The molecule has 1 aliphatic rings. The second kappa shape index (κ2) is 5.00. The van der Waals surface area contributed by atoms with Gasteiger partial charge in [-0.1, -0.05) is 6.08 Å². The fourth-order valence-electron chi connectivity index (χ4n) is 1.86. The van der Waals surface area contributed by atoms with Gasteiger partial charge in [-0.25, -0.2) is 4.39 Å². The largest absolute Gasteiger partial charge is 0.373 e. The number of hydrogen-bond donors (Lipinski definition) is 1. The van der Waals surface area contributed by atoms with Crippen LogP contribution in [-0.2, 0) is 9.59 Å². The molecule has 1 aromatic rings. The van der Waals surface area contributed by atoms with Gasteiger partial charge in [0.15, 0.2) is 0 Å². The fourth-order valence-corrected chi connectivity index (χ4v) is 1.86. The van der Waals surface area contributed by atoms with E-state index in [0.29, 0.717) is 5.69 Å². The van der Waals surface area contributed by atoms with Gasteiger partial charge >= 0.3 is 0 Å². The zero-order valence-corrected chi connectivity index (χ0v) is 9.73. The summed E-state index contributed by atoms with van der Waals surface area (Å²) in [6, 6.07) is 5.07. The Morgan fingerprint density at radius 3 is 2.67 bits per heavy atom. The second-order valence-electron chi connectivity index (χ2n) is 4.04. The molecule has 94 valence electrons. The van der Waals surface area contributed by atoms with E-state index in [0.717, 1.165) is 4.90 Å². The van der Waals surface area contributed by atoms with E-state index in [4.69, 9.17) is 0 Å². The number of imide groups is 1. The third-order valence-corrected chi connectivity index (χ3v) is 2.74. The molecule has 18 heavy (non-hydrogen) atoms. The Morgan fingerprint density at radius 1 is 1.39 bits per heavy atom. The number of carbonyl (C=O) groups is 2. The average Bonchev–Trinajstić information content (AvgIpc) is 2.60. The van der Waals surface area contributed by atoms with E-state index in [1.54, 1.807) is 0 Å². The van der Waals surface area contributed by atoms with Gasteiger partial charge < -0.3 is 5.32 Å². The van der Waals surface area contributed by atoms with Gasteiger partial charge in [0, 0.05) is 12.2 Å². The predicted molar refractivity (Wildman–Crippen MR) is 65.3 cm³/mol. The molecule has 0 bridgehead atoms. The van der Waals surface area contributed by atoms with Crippen molar-refractivity contribution in [3.05, 3.63) is 42.7 Å². The minimum Gasteiger partial charge on any atom is -0.373 e. The van der Waals surface area contributed by atoms with Gasteiger partial charge in [-0.2, -0.15) is 0 Å². The summed E-state index contributed by atoms with van der Waals surface area (Å²) in [6.45, 7) is 3.73.